The standard InChI is InChI=1S/C67H50/c1-41-23-25-42(26-24-41)46-27-31-50-51-32-28-47(57-36-45-18-10-9-17-44(45)35-56(57)43-15-7-6-8-16-43)38-59(51)65(49-30-34-55-53-20-12-14-22-61(53)67(4,5)63(55)40-49)64(58(50)37-46)48-29-33-54-52-19-11-13-21-60(52)66(2,3)62(54)39-48/h6-40H,1-5H3. The van der Waals surface area contributed by atoms with E-state index in [1.165, 1.54) is 138 Å². The average molecular weight is 855 g/mol. The zero-order chi connectivity index (χ0) is 45.2. The van der Waals surface area contributed by atoms with E-state index in [0.29, 0.717) is 0 Å². The molecule has 0 saturated heterocycles. The lowest BCUT2D eigenvalue weighted by atomic mass is 9.78. The van der Waals surface area contributed by atoms with Gasteiger partial charge in [0.1, 0.15) is 0 Å². The fourth-order valence-electron chi connectivity index (χ4n) is 12.0. The summed E-state index contributed by atoms with van der Waals surface area (Å²) in [6.45, 7) is 11.8. The van der Waals surface area contributed by atoms with E-state index in [1.54, 1.807) is 0 Å². The molecule has 13 rings (SSSR count). The lowest BCUT2D eigenvalue weighted by Crippen LogP contribution is -2.15. The monoisotopic (exact) mass is 854 g/mol. The van der Waals surface area contributed by atoms with Gasteiger partial charge < -0.3 is 0 Å². The Bertz CT molecular complexity index is 3840. The van der Waals surface area contributed by atoms with E-state index in [0.717, 1.165) is 0 Å². The maximum atomic E-state index is 2.54. The van der Waals surface area contributed by atoms with Gasteiger partial charge in [0.05, 0.1) is 0 Å². The summed E-state index contributed by atoms with van der Waals surface area (Å²) >= 11 is 0. The molecule has 0 bridgehead atoms. The zero-order valence-corrected chi connectivity index (χ0v) is 38.7. The zero-order valence-electron chi connectivity index (χ0n) is 38.7. The molecule has 0 aliphatic heterocycles. The molecule has 318 valence electrons. The molecule has 0 radical (unpaired) electrons. The highest BCUT2D eigenvalue weighted by Crippen LogP contribution is 2.55. The van der Waals surface area contributed by atoms with Crippen LogP contribution in [0.25, 0.3) is 110 Å². The van der Waals surface area contributed by atoms with Crippen molar-refractivity contribution in [2.45, 2.75) is 45.4 Å². The molecule has 0 saturated carbocycles. The Hall–Kier alpha value is -7.80. The summed E-state index contributed by atoms with van der Waals surface area (Å²) in [5, 5.41) is 7.52. The number of hydrogen-bond acceptors (Lipinski definition) is 0. The predicted octanol–water partition coefficient (Wildman–Crippen LogP) is 18.4. The van der Waals surface area contributed by atoms with Crippen molar-refractivity contribution in [1.29, 1.82) is 0 Å². The van der Waals surface area contributed by atoms with E-state index >= 15 is 0 Å². The summed E-state index contributed by atoms with van der Waals surface area (Å²) in [6, 6.07) is 80.7. The van der Waals surface area contributed by atoms with E-state index in [2.05, 4.69) is 247 Å². The number of hydrogen-bond donors (Lipinski definition) is 0. The molecule has 0 aromatic heterocycles. The van der Waals surface area contributed by atoms with Gasteiger partial charge in [-0.2, -0.15) is 0 Å². The molecule has 11 aromatic carbocycles. The van der Waals surface area contributed by atoms with Crippen molar-refractivity contribution in [3.05, 3.63) is 240 Å². The highest BCUT2D eigenvalue weighted by molar-refractivity contribution is 6.23. The number of rotatable bonds is 5. The molecule has 0 unspecified atom stereocenters. The Balaban J connectivity index is 1.16. The number of benzene rings is 11. The van der Waals surface area contributed by atoms with E-state index in [9.17, 15) is 0 Å². The second-order valence-electron chi connectivity index (χ2n) is 20.1. The minimum Gasteiger partial charge on any atom is -0.0622 e. The molecule has 11 aromatic rings. The van der Waals surface area contributed by atoms with Gasteiger partial charge in [-0.25, -0.2) is 0 Å². The lowest BCUT2D eigenvalue weighted by Gasteiger charge is -2.25. The summed E-state index contributed by atoms with van der Waals surface area (Å²) in [5.41, 5.74) is 24.2. The average Bonchev–Trinajstić information content (AvgIpc) is 3.74. The highest BCUT2D eigenvalue weighted by Gasteiger charge is 2.37. The molecule has 0 heterocycles. The smallest absolute Gasteiger partial charge is 0.0159 e. The molecule has 0 spiro atoms. The van der Waals surface area contributed by atoms with Crippen LogP contribution in [0.1, 0.15) is 55.5 Å². The quantitative estimate of drug-likeness (QED) is 0.151. The van der Waals surface area contributed by atoms with Crippen molar-refractivity contribution in [3.8, 4) is 77.9 Å². The van der Waals surface area contributed by atoms with Crippen LogP contribution in [0.3, 0.4) is 0 Å². The molecule has 0 N–H and O–H groups in total. The molecule has 2 aliphatic carbocycles. The minimum atomic E-state index is -0.155. The van der Waals surface area contributed by atoms with Gasteiger partial charge >= 0.3 is 0 Å². The van der Waals surface area contributed by atoms with Crippen LogP contribution >= 0.6 is 0 Å². The van der Waals surface area contributed by atoms with Crippen molar-refractivity contribution in [2.24, 2.45) is 0 Å². The molecular weight excluding hydrogens is 805 g/mol. The fraction of sp³-hybridized carbons (Fsp3) is 0.104. The van der Waals surface area contributed by atoms with Crippen LogP contribution in [-0.2, 0) is 10.8 Å². The maximum Gasteiger partial charge on any atom is 0.0159 e. The summed E-state index contributed by atoms with van der Waals surface area (Å²) in [6.07, 6.45) is 0. The summed E-state index contributed by atoms with van der Waals surface area (Å²) in [7, 11) is 0. The third-order valence-corrected chi connectivity index (χ3v) is 15.5. The van der Waals surface area contributed by atoms with Gasteiger partial charge in [0.2, 0.25) is 0 Å². The molecule has 2 aliphatic rings. The third-order valence-electron chi connectivity index (χ3n) is 15.5. The van der Waals surface area contributed by atoms with Crippen molar-refractivity contribution in [1.82, 2.24) is 0 Å². The van der Waals surface area contributed by atoms with E-state index in [1.807, 2.05) is 0 Å². The summed E-state index contributed by atoms with van der Waals surface area (Å²) in [4.78, 5) is 0. The molecule has 0 amide bonds. The Morgan fingerprint density at radius 3 is 1.22 bits per heavy atom. The number of aryl methyl sites for hydroxylation is 1. The molecular formula is C67H50. The molecule has 0 heteroatoms. The Kier molecular flexibility index (Phi) is 8.62. The van der Waals surface area contributed by atoms with Crippen LogP contribution in [0, 0.1) is 6.92 Å². The van der Waals surface area contributed by atoms with E-state index in [4.69, 9.17) is 0 Å². The van der Waals surface area contributed by atoms with Crippen molar-refractivity contribution < 1.29 is 0 Å². The first-order valence-electron chi connectivity index (χ1n) is 23.8. The third kappa shape index (κ3) is 5.99. The first-order valence-corrected chi connectivity index (χ1v) is 23.8. The SMILES string of the molecule is Cc1ccc(-c2ccc3c(c2)c(-c2ccc4c(c2)C(C)(C)c2ccccc2-4)c(-c2ccc4c(c2)C(C)(C)c2ccccc2-4)c2cc(-c4cc5ccccc5cc4-c4ccccc4)ccc23)cc1. The number of fused-ring (bicyclic) bond motifs is 10. The molecule has 67 heavy (non-hydrogen) atoms. The van der Waals surface area contributed by atoms with Crippen LogP contribution in [0.4, 0.5) is 0 Å². The van der Waals surface area contributed by atoms with E-state index < -0.39 is 0 Å². The van der Waals surface area contributed by atoms with Gasteiger partial charge in [0.25, 0.3) is 0 Å². The Labute approximate surface area is 393 Å². The van der Waals surface area contributed by atoms with Crippen LogP contribution < -0.4 is 0 Å². The van der Waals surface area contributed by atoms with Gasteiger partial charge in [-0.3, -0.25) is 0 Å². The largest absolute Gasteiger partial charge is 0.0622 e. The van der Waals surface area contributed by atoms with Gasteiger partial charge in [-0.15, -0.1) is 0 Å². The van der Waals surface area contributed by atoms with E-state index in [-0.39, 0.29) is 10.8 Å². The molecule has 0 fully saturated rings. The van der Waals surface area contributed by atoms with Crippen molar-refractivity contribution in [3.63, 3.8) is 0 Å². The lowest BCUT2D eigenvalue weighted by molar-refractivity contribution is 0.660. The van der Waals surface area contributed by atoms with Crippen LogP contribution in [-0.4, -0.2) is 0 Å². The van der Waals surface area contributed by atoms with Gasteiger partial charge in [0.15, 0.2) is 0 Å². The first-order chi connectivity index (χ1) is 32.6. The predicted molar refractivity (Wildman–Crippen MR) is 286 cm³/mol. The Morgan fingerprint density at radius 1 is 0.254 bits per heavy atom. The second kappa shape index (κ2) is 14.6. The van der Waals surface area contributed by atoms with Crippen LogP contribution in [0.2, 0.25) is 0 Å². The van der Waals surface area contributed by atoms with Gasteiger partial charge in [0, 0.05) is 10.8 Å². The van der Waals surface area contributed by atoms with Crippen molar-refractivity contribution >= 4 is 32.3 Å². The van der Waals surface area contributed by atoms with Gasteiger partial charge in [-0.1, -0.05) is 209 Å². The summed E-state index contributed by atoms with van der Waals surface area (Å²) in [5.74, 6) is 0. The molecule has 0 atom stereocenters. The van der Waals surface area contributed by atoms with Crippen LogP contribution in [0.15, 0.2) is 212 Å². The minimum absolute atomic E-state index is 0.151. The normalized spacial score (nSPS) is 14.0. The second-order valence-corrected chi connectivity index (χ2v) is 20.1. The maximum absolute atomic E-state index is 2.54. The Morgan fingerprint density at radius 2 is 0.672 bits per heavy atom. The van der Waals surface area contributed by atoms with Crippen molar-refractivity contribution in [2.75, 3.05) is 0 Å². The van der Waals surface area contributed by atoms with Gasteiger partial charge in [-0.05, 0) is 176 Å². The highest BCUT2D eigenvalue weighted by atomic mass is 14.4. The topological polar surface area (TPSA) is 0 Å². The fourth-order valence-corrected chi connectivity index (χ4v) is 12.0. The van der Waals surface area contributed by atoms with Crippen LogP contribution in [0.5, 0.6) is 0 Å². The summed E-state index contributed by atoms with van der Waals surface area (Å²) < 4.78 is 0. The molecule has 0 nitrogen and oxygen atoms in total. The first kappa shape index (κ1) is 39.6.